The van der Waals surface area contributed by atoms with Crippen LogP contribution in [0.15, 0.2) is 328 Å². The molecule has 8 aromatic heterocycles. The van der Waals surface area contributed by atoms with E-state index in [4.69, 9.17) is 15.0 Å². The zero-order chi connectivity index (χ0) is 65.8. The Morgan fingerprint density at radius 3 is 1.04 bits per heavy atom. The molecule has 21 rings (SSSR count). The minimum absolute atomic E-state index is 0.927. The molecule has 0 N–H and O–H groups in total. The Morgan fingerprint density at radius 1 is 0.210 bits per heavy atom. The van der Waals surface area contributed by atoms with Gasteiger partial charge in [0.05, 0.1) is 33.8 Å². The lowest BCUT2D eigenvalue weighted by atomic mass is 9.84. The second kappa shape index (κ2) is 23.5. The van der Waals surface area contributed by atoms with E-state index in [9.17, 15) is 0 Å². The monoisotopic (exact) mass is 1310 g/mol. The normalized spacial score (nSPS) is 11.8. The summed E-state index contributed by atoms with van der Waals surface area (Å²) in [7, 11) is 0. The van der Waals surface area contributed by atoms with Gasteiger partial charge in [-0.05, 0) is 144 Å². The summed E-state index contributed by atoms with van der Waals surface area (Å²) < 4.78 is 5.23. The topological polar surface area (TPSA) is 77.3 Å². The van der Waals surface area contributed by atoms with E-state index in [-0.39, 0.29) is 0 Å². The fourth-order valence-corrected chi connectivity index (χ4v) is 18.1. The van der Waals surface area contributed by atoms with Crippen molar-refractivity contribution < 1.29 is 0 Å². The highest BCUT2D eigenvalue weighted by Gasteiger charge is 2.25. The highest BCUT2D eigenvalue weighted by molar-refractivity contribution is 7.27. The minimum atomic E-state index is 0.927. The summed E-state index contributed by atoms with van der Waals surface area (Å²) in [6.45, 7) is 0. The van der Waals surface area contributed by atoms with E-state index in [1.165, 1.54) is 99.8 Å². The Labute approximate surface area is 582 Å². The Bertz CT molecular complexity index is 6740. The second-order valence-corrected chi connectivity index (χ2v) is 27.6. The van der Waals surface area contributed by atoms with Crippen LogP contribution >= 0.6 is 22.7 Å². The molecule has 0 bridgehead atoms. The van der Waals surface area contributed by atoms with Crippen molar-refractivity contribution in [1.82, 2.24) is 29.9 Å². The largest absolute Gasteiger partial charge is 0.265 e. The molecule has 8 heteroatoms. The van der Waals surface area contributed by atoms with E-state index in [0.717, 1.165) is 105 Å². The number of hydrogen-bond acceptors (Lipinski definition) is 8. The van der Waals surface area contributed by atoms with E-state index in [1.807, 2.05) is 84.1 Å². The van der Waals surface area contributed by atoms with Gasteiger partial charge in [0.15, 0.2) is 0 Å². The van der Waals surface area contributed by atoms with Crippen LogP contribution in [0.5, 0.6) is 0 Å². The quantitative estimate of drug-likeness (QED) is 0.117. The number of hydrogen-bond donors (Lipinski definition) is 0. The van der Waals surface area contributed by atoms with Crippen LogP contribution in [-0.4, -0.2) is 29.9 Å². The van der Waals surface area contributed by atoms with Crippen molar-refractivity contribution in [3.63, 3.8) is 0 Å². The molecule has 0 radical (unpaired) electrons. The number of para-hydroxylation sites is 2. The van der Waals surface area contributed by atoms with Crippen LogP contribution in [0.1, 0.15) is 0 Å². The number of fused-ring (bicyclic) bond motifs is 18. The summed E-state index contributed by atoms with van der Waals surface area (Å²) in [5.74, 6) is 0. The molecule has 0 aliphatic rings. The maximum Gasteiger partial charge on any atom is 0.0801 e. The predicted octanol–water partition coefficient (Wildman–Crippen LogP) is 25.4. The van der Waals surface area contributed by atoms with Gasteiger partial charge in [0.1, 0.15) is 0 Å². The zero-order valence-electron chi connectivity index (χ0n) is 53.7. The molecule has 0 atom stereocenters. The van der Waals surface area contributed by atoms with Gasteiger partial charge in [-0.2, -0.15) is 0 Å². The SMILES string of the molecule is c1cc(-c2ccncc2)nc(-c2c3ccccc3c(-c3nc4ccccc4c4c3ccc3c5ccccc5sc34)c3ccccc23)c1.c1cncc(-c2cc(-c3cccnc3)cc(-c3c4ccccc4c(-c4nc5ccccc5c5c4ccc4c6ccccc6sc45)c4ccccc34)c2)c1. The summed E-state index contributed by atoms with van der Waals surface area (Å²) >= 11 is 3.76. The molecular formula is C92H54N6S2. The van der Waals surface area contributed by atoms with Crippen LogP contribution in [0.2, 0.25) is 0 Å². The van der Waals surface area contributed by atoms with Crippen molar-refractivity contribution in [3.8, 4) is 78.4 Å². The first kappa shape index (κ1) is 57.5. The number of rotatable bonds is 7. The molecule has 100 heavy (non-hydrogen) atoms. The third-order valence-corrected chi connectivity index (χ3v) is 22.4. The minimum Gasteiger partial charge on any atom is -0.265 e. The standard InChI is InChI=1S/C49H29N3S.C43H25N3S/c1-3-16-38-36(14-1)45(34-26-32(30-11-9-23-50-28-30)25-33(27-34)31-12-10-24-51-29-31)37-15-2-4-17-39(37)46(38)48-42-22-21-40-35-13-6-8-20-44(35)53-49(40)47(42)41-18-5-7-19-43(41)52-48;1-3-13-30-28(11-1)39(37-18-9-17-35(45-37)26-22-24-44-25-23-26)29-12-2-4-14-31(29)40(30)42-34-21-20-32-27-10-6-8-19-38(27)47-43(32)41(34)33-15-5-7-16-36(33)46-42/h1-29H;1-25H. The van der Waals surface area contributed by atoms with Gasteiger partial charge < -0.3 is 0 Å². The average molecular weight is 1310 g/mol. The summed E-state index contributed by atoms with van der Waals surface area (Å²) in [5.41, 5.74) is 17.1. The molecule has 8 heterocycles. The summed E-state index contributed by atoms with van der Waals surface area (Å²) in [4.78, 5) is 29.4. The van der Waals surface area contributed by atoms with Crippen molar-refractivity contribution in [2.45, 2.75) is 0 Å². The Balaban J connectivity index is 0.000000136. The fraction of sp³-hybridized carbons (Fsp3) is 0. The van der Waals surface area contributed by atoms with E-state index in [1.54, 1.807) is 0 Å². The second-order valence-electron chi connectivity index (χ2n) is 25.5. The molecule has 21 aromatic rings. The lowest BCUT2D eigenvalue weighted by Crippen LogP contribution is -1.96. The molecule has 0 saturated carbocycles. The van der Waals surface area contributed by atoms with E-state index in [2.05, 4.69) is 282 Å². The van der Waals surface area contributed by atoms with Crippen LogP contribution in [0.4, 0.5) is 0 Å². The maximum absolute atomic E-state index is 5.54. The Morgan fingerprint density at radius 2 is 0.590 bits per heavy atom. The smallest absolute Gasteiger partial charge is 0.0801 e. The molecule has 0 saturated heterocycles. The van der Waals surface area contributed by atoms with Crippen LogP contribution in [-0.2, 0) is 0 Å². The highest BCUT2D eigenvalue weighted by Crippen LogP contribution is 2.52. The van der Waals surface area contributed by atoms with Gasteiger partial charge in [0.25, 0.3) is 0 Å². The number of nitrogens with zero attached hydrogens (tertiary/aromatic N) is 6. The van der Waals surface area contributed by atoms with Gasteiger partial charge in [-0.15, -0.1) is 22.7 Å². The van der Waals surface area contributed by atoms with Crippen molar-refractivity contribution in [3.05, 3.63) is 328 Å². The first-order chi connectivity index (χ1) is 49.6. The lowest BCUT2D eigenvalue weighted by molar-refractivity contribution is 1.29. The van der Waals surface area contributed by atoms with Crippen molar-refractivity contribution in [1.29, 1.82) is 0 Å². The number of thiophene rings is 2. The number of pyridine rings is 6. The highest BCUT2D eigenvalue weighted by atomic mass is 32.1. The van der Waals surface area contributed by atoms with Crippen molar-refractivity contribution >= 4 is 149 Å². The van der Waals surface area contributed by atoms with Crippen LogP contribution < -0.4 is 0 Å². The van der Waals surface area contributed by atoms with Gasteiger partial charge in [-0.3, -0.25) is 15.0 Å². The molecule has 0 unspecified atom stereocenters. The summed E-state index contributed by atoms with van der Waals surface area (Å²) in [6, 6.07) is 105. The fourth-order valence-electron chi connectivity index (χ4n) is 15.6. The van der Waals surface area contributed by atoms with E-state index >= 15 is 0 Å². The lowest BCUT2D eigenvalue weighted by Gasteiger charge is -2.20. The molecule has 464 valence electrons. The Hall–Kier alpha value is -12.7. The molecule has 13 aromatic carbocycles. The predicted molar refractivity (Wildman–Crippen MR) is 424 cm³/mol. The summed E-state index contributed by atoms with van der Waals surface area (Å²) in [5, 5.41) is 21.8. The first-order valence-electron chi connectivity index (χ1n) is 33.6. The van der Waals surface area contributed by atoms with Gasteiger partial charge >= 0.3 is 0 Å². The van der Waals surface area contributed by atoms with E-state index in [0.29, 0.717) is 0 Å². The zero-order valence-corrected chi connectivity index (χ0v) is 55.3. The van der Waals surface area contributed by atoms with Crippen LogP contribution in [0.3, 0.4) is 0 Å². The number of aromatic nitrogens is 6. The van der Waals surface area contributed by atoms with Gasteiger partial charge in [-0.25, -0.2) is 15.0 Å². The third kappa shape index (κ3) is 9.30. The molecule has 0 amide bonds. The molecule has 0 aliphatic heterocycles. The van der Waals surface area contributed by atoms with Crippen molar-refractivity contribution in [2.24, 2.45) is 0 Å². The molecule has 0 spiro atoms. The molecule has 0 aliphatic carbocycles. The summed E-state index contributed by atoms with van der Waals surface area (Å²) in [6.07, 6.45) is 11.2. The molecular weight excluding hydrogens is 1250 g/mol. The number of benzene rings is 13. The molecule has 0 fully saturated rings. The van der Waals surface area contributed by atoms with Crippen LogP contribution in [0.25, 0.3) is 205 Å². The van der Waals surface area contributed by atoms with Gasteiger partial charge in [0.2, 0.25) is 0 Å². The van der Waals surface area contributed by atoms with Gasteiger partial charge in [0, 0.05) is 143 Å². The first-order valence-corrected chi connectivity index (χ1v) is 35.2. The van der Waals surface area contributed by atoms with E-state index < -0.39 is 0 Å². The van der Waals surface area contributed by atoms with Crippen LogP contribution in [0, 0.1) is 0 Å². The van der Waals surface area contributed by atoms with Gasteiger partial charge in [-0.1, -0.05) is 212 Å². The molecule has 6 nitrogen and oxygen atoms in total. The Kier molecular flexibility index (Phi) is 13.5. The average Bonchev–Trinajstić information content (AvgIpc) is 1.52. The maximum atomic E-state index is 5.54. The van der Waals surface area contributed by atoms with Crippen molar-refractivity contribution in [2.75, 3.05) is 0 Å². The third-order valence-electron chi connectivity index (χ3n) is 19.9.